The number of aromatic nitrogens is 1. The minimum atomic E-state index is -0.881. The highest BCUT2D eigenvalue weighted by molar-refractivity contribution is 5.90. The van der Waals surface area contributed by atoms with Gasteiger partial charge in [0.15, 0.2) is 12.4 Å². The van der Waals surface area contributed by atoms with Crippen LogP contribution in [0.15, 0.2) is 36.7 Å². The average molecular weight is 268 g/mol. The molecule has 15 heavy (non-hydrogen) atoms. The van der Waals surface area contributed by atoms with Gasteiger partial charge >= 0.3 is 5.97 Å². The number of carboxylic acids is 1. The molecule has 0 spiro atoms. The number of aryl methyl sites for hydroxylation is 1. The van der Waals surface area contributed by atoms with Crippen LogP contribution in [0.5, 0.6) is 0 Å². The lowest BCUT2D eigenvalue weighted by Gasteiger charge is -1.97. The Bertz CT molecular complexity index is 511. The third-order valence-corrected chi connectivity index (χ3v) is 2.20. The van der Waals surface area contributed by atoms with Crippen molar-refractivity contribution in [3.8, 4) is 0 Å². The first-order valence-electron chi connectivity index (χ1n) is 4.32. The minimum Gasteiger partial charge on any atom is -1.00 e. The first-order valence-corrected chi connectivity index (χ1v) is 4.32. The van der Waals surface area contributed by atoms with E-state index in [0.29, 0.717) is 5.56 Å². The zero-order chi connectivity index (χ0) is 10.1. The van der Waals surface area contributed by atoms with Gasteiger partial charge in [-0.25, -0.2) is 4.79 Å². The van der Waals surface area contributed by atoms with Gasteiger partial charge in [0.1, 0.15) is 0 Å². The first-order chi connectivity index (χ1) is 6.68. The average Bonchev–Trinajstić information content (AvgIpc) is 2.16. The lowest BCUT2D eigenvalue weighted by Crippen LogP contribution is -3.00. The van der Waals surface area contributed by atoms with Gasteiger partial charge in [-0.05, 0) is 13.0 Å². The van der Waals surface area contributed by atoms with E-state index < -0.39 is 5.97 Å². The lowest BCUT2D eigenvalue weighted by atomic mass is 10.1. The van der Waals surface area contributed by atoms with Crippen LogP contribution in [0, 0.1) is 6.92 Å². The second-order valence-corrected chi connectivity index (χ2v) is 3.21. The quantitative estimate of drug-likeness (QED) is 0.635. The summed E-state index contributed by atoms with van der Waals surface area (Å²) < 4.78 is 1.90. The highest BCUT2D eigenvalue weighted by atomic mass is 79.9. The molecule has 3 nitrogen and oxygen atoms in total. The Labute approximate surface area is 97.8 Å². The van der Waals surface area contributed by atoms with Crippen molar-refractivity contribution in [2.45, 2.75) is 6.92 Å². The van der Waals surface area contributed by atoms with Crippen molar-refractivity contribution in [3.63, 3.8) is 0 Å². The molecule has 2 heterocycles. The Hall–Kier alpha value is -1.42. The second-order valence-electron chi connectivity index (χ2n) is 3.21. The molecule has 2 aromatic rings. The third kappa shape index (κ3) is 2.15. The molecule has 0 aliphatic heterocycles. The van der Waals surface area contributed by atoms with Crippen LogP contribution in [-0.4, -0.2) is 11.1 Å². The van der Waals surface area contributed by atoms with Crippen molar-refractivity contribution < 1.29 is 31.3 Å². The Morgan fingerprint density at radius 3 is 2.80 bits per heavy atom. The van der Waals surface area contributed by atoms with Crippen LogP contribution >= 0.6 is 0 Å². The zero-order valence-electron chi connectivity index (χ0n) is 8.14. The van der Waals surface area contributed by atoms with Crippen molar-refractivity contribution in [2.75, 3.05) is 0 Å². The molecule has 0 aromatic carbocycles. The molecule has 0 amide bonds. The van der Waals surface area contributed by atoms with Gasteiger partial charge in [-0.2, -0.15) is 4.40 Å². The largest absolute Gasteiger partial charge is 1.00 e. The Morgan fingerprint density at radius 1 is 1.40 bits per heavy atom. The number of rotatable bonds is 1. The van der Waals surface area contributed by atoms with Crippen LogP contribution in [-0.2, 0) is 0 Å². The van der Waals surface area contributed by atoms with E-state index in [0.717, 1.165) is 11.1 Å². The summed E-state index contributed by atoms with van der Waals surface area (Å²) in [6, 6.07) is 7.35. The Kier molecular flexibility index (Phi) is 3.42. The number of pyridine rings is 2. The molecule has 0 saturated carbocycles. The molecule has 0 radical (unpaired) electrons. The predicted molar refractivity (Wildman–Crippen MR) is 51.3 cm³/mol. The molecule has 0 aliphatic carbocycles. The molecule has 0 aliphatic rings. The van der Waals surface area contributed by atoms with Crippen LogP contribution in [0.4, 0.5) is 0 Å². The summed E-state index contributed by atoms with van der Waals surface area (Å²) in [7, 11) is 0. The van der Waals surface area contributed by atoms with Gasteiger partial charge in [-0.1, -0.05) is 0 Å². The Morgan fingerprint density at radius 2 is 2.13 bits per heavy atom. The number of aromatic carboxylic acids is 1. The number of halogens is 1. The second kappa shape index (κ2) is 4.40. The summed E-state index contributed by atoms with van der Waals surface area (Å²) in [5.41, 5.74) is 2.01. The van der Waals surface area contributed by atoms with Gasteiger partial charge < -0.3 is 22.1 Å². The molecular weight excluding hydrogens is 258 g/mol. The van der Waals surface area contributed by atoms with Crippen LogP contribution < -0.4 is 21.4 Å². The molecule has 0 fully saturated rings. The summed E-state index contributed by atoms with van der Waals surface area (Å²) in [5, 5.41) is 8.92. The molecule has 0 unspecified atom stereocenters. The van der Waals surface area contributed by atoms with Crippen LogP contribution in [0.1, 0.15) is 15.9 Å². The monoisotopic (exact) mass is 267 g/mol. The van der Waals surface area contributed by atoms with E-state index in [4.69, 9.17) is 5.11 Å². The fraction of sp³-hybridized carbons (Fsp3) is 0.0909. The predicted octanol–water partition coefficient (Wildman–Crippen LogP) is -1.56. The summed E-state index contributed by atoms with van der Waals surface area (Å²) in [6.45, 7) is 1.79. The first kappa shape index (κ1) is 11.7. The fourth-order valence-electron chi connectivity index (χ4n) is 1.48. The number of fused-ring (bicyclic) bond motifs is 1. The molecule has 1 N–H and O–H groups in total. The van der Waals surface area contributed by atoms with E-state index in [-0.39, 0.29) is 17.0 Å². The van der Waals surface area contributed by atoms with Gasteiger partial charge in [-0.3, -0.25) is 0 Å². The highest BCUT2D eigenvalue weighted by Crippen LogP contribution is 2.07. The number of nitrogens with zero attached hydrogens (tertiary/aromatic N) is 1. The van der Waals surface area contributed by atoms with Crippen molar-refractivity contribution in [1.29, 1.82) is 0 Å². The molecular formula is C11H10BrNO2. The molecule has 0 bridgehead atoms. The maximum absolute atomic E-state index is 10.9. The van der Waals surface area contributed by atoms with Crippen molar-refractivity contribution in [1.82, 2.24) is 0 Å². The van der Waals surface area contributed by atoms with E-state index in [2.05, 4.69) is 0 Å². The SMILES string of the molecule is Cc1c[n+]2ccccc2cc1C(=O)O.[Br-]. The molecule has 0 atom stereocenters. The van der Waals surface area contributed by atoms with E-state index in [9.17, 15) is 4.79 Å². The third-order valence-electron chi connectivity index (χ3n) is 2.20. The topological polar surface area (TPSA) is 41.4 Å². The standard InChI is InChI=1S/C11H9NO2.BrH/c1-8-7-12-5-3-2-4-9(12)6-10(8)11(13)14;/h2-7H,1H3;1H. The van der Waals surface area contributed by atoms with Crippen LogP contribution in [0.25, 0.3) is 5.52 Å². The smallest absolute Gasteiger partial charge is 0.336 e. The Balaban J connectivity index is 0.00000112. The van der Waals surface area contributed by atoms with E-state index >= 15 is 0 Å². The van der Waals surface area contributed by atoms with E-state index in [1.54, 1.807) is 13.0 Å². The summed E-state index contributed by atoms with van der Waals surface area (Å²) in [5.74, 6) is -0.881. The summed E-state index contributed by atoms with van der Waals surface area (Å²) in [4.78, 5) is 10.9. The van der Waals surface area contributed by atoms with Gasteiger partial charge in [0.2, 0.25) is 5.52 Å². The number of hydrogen-bond acceptors (Lipinski definition) is 1. The number of carbonyl (C=O) groups is 1. The minimum absolute atomic E-state index is 0. The molecule has 4 heteroatoms. The van der Waals surface area contributed by atoms with Gasteiger partial charge in [0, 0.05) is 23.8 Å². The van der Waals surface area contributed by atoms with Gasteiger partial charge in [0.25, 0.3) is 0 Å². The maximum Gasteiger partial charge on any atom is 0.336 e. The number of hydrogen-bond donors (Lipinski definition) is 1. The van der Waals surface area contributed by atoms with E-state index in [1.165, 1.54) is 0 Å². The fourth-order valence-corrected chi connectivity index (χ4v) is 1.48. The molecule has 2 aromatic heterocycles. The summed E-state index contributed by atoms with van der Waals surface area (Å²) >= 11 is 0. The molecule has 0 saturated heterocycles. The summed E-state index contributed by atoms with van der Waals surface area (Å²) in [6.07, 6.45) is 3.72. The van der Waals surface area contributed by atoms with Crippen molar-refractivity contribution >= 4 is 11.5 Å². The zero-order valence-corrected chi connectivity index (χ0v) is 9.73. The maximum atomic E-state index is 10.9. The van der Waals surface area contributed by atoms with Crippen molar-refractivity contribution in [2.24, 2.45) is 0 Å². The molecule has 2 rings (SSSR count). The van der Waals surface area contributed by atoms with Gasteiger partial charge in [-0.15, -0.1) is 0 Å². The van der Waals surface area contributed by atoms with Crippen LogP contribution in [0.3, 0.4) is 0 Å². The van der Waals surface area contributed by atoms with Crippen LogP contribution in [0.2, 0.25) is 0 Å². The van der Waals surface area contributed by atoms with Crippen molar-refractivity contribution in [3.05, 3.63) is 47.8 Å². The number of carboxylic acid groups (broad SMARTS) is 1. The van der Waals surface area contributed by atoms with Gasteiger partial charge in [0.05, 0.1) is 5.56 Å². The molecule has 78 valence electrons. The normalized spacial score (nSPS) is 9.67. The highest BCUT2D eigenvalue weighted by Gasteiger charge is 2.12. The van der Waals surface area contributed by atoms with E-state index in [1.807, 2.05) is 35.0 Å². The lowest BCUT2D eigenvalue weighted by molar-refractivity contribution is -0.512.